The predicted molar refractivity (Wildman–Crippen MR) is 62.2 cm³/mol. The molecular weight excluding hydrogens is 172 g/mol. The summed E-state index contributed by atoms with van der Waals surface area (Å²) in [5.41, 5.74) is 7.05. The van der Waals surface area contributed by atoms with Crippen LogP contribution < -0.4 is 5.73 Å². The fourth-order valence-electron chi connectivity index (χ4n) is 2.08. The molecule has 82 valence electrons. The highest BCUT2D eigenvalue weighted by Crippen LogP contribution is 2.22. The van der Waals surface area contributed by atoms with Gasteiger partial charge in [-0.3, -0.25) is 0 Å². The van der Waals surface area contributed by atoms with Gasteiger partial charge in [0.25, 0.3) is 0 Å². The zero-order chi connectivity index (χ0) is 10.6. The van der Waals surface area contributed by atoms with E-state index in [1.807, 2.05) is 0 Å². The molecular formula is C12H24N2. The number of rotatable bonds is 4. The minimum atomic E-state index is 0.703. The molecule has 2 atom stereocenters. The van der Waals surface area contributed by atoms with Crippen LogP contribution in [0.3, 0.4) is 0 Å². The lowest BCUT2D eigenvalue weighted by molar-refractivity contribution is 0.134. The minimum absolute atomic E-state index is 0.703. The predicted octanol–water partition coefficient (Wildman–Crippen LogP) is 1.87. The lowest BCUT2D eigenvalue weighted by Gasteiger charge is -2.36. The quantitative estimate of drug-likeness (QED) is 0.696. The van der Waals surface area contributed by atoms with Crippen LogP contribution in [0, 0.1) is 11.8 Å². The second kappa shape index (κ2) is 5.52. The fraction of sp³-hybridized carbons (Fsp3) is 0.833. The maximum absolute atomic E-state index is 5.77. The molecule has 1 heterocycles. The van der Waals surface area contributed by atoms with Gasteiger partial charge in [0.05, 0.1) is 0 Å². The number of piperidine rings is 1. The Kier molecular flexibility index (Phi) is 4.63. The largest absolute Gasteiger partial charge is 0.330 e. The third-order valence-electron chi connectivity index (χ3n) is 3.36. The number of hydrogen-bond donors (Lipinski definition) is 1. The summed E-state index contributed by atoms with van der Waals surface area (Å²) in [5, 5.41) is 0. The fourth-order valence-corrected chi connectivity index (χ4v) is 2.08. The summed E-state index contributed by atoms with van der Waals surface area (Å²) in [4.78, 5) is 2.53. The topological polar surface area (TPSA) is 29.3 Å². The van der Waals surface area contributed by atoms with E-state index in [4.69, 9.17) is 5.73 Å². The molecule has 2 heteroatoms. The van der Waals surface area contributed by atoms with Crippen LogP contribution in [-0.4, -0.2) is 31.1 Å². The van der Waals surface area contributed by atoms with E-state index in [0.717, 1.165) is 18.9 Å². The van der Waals surface area contributed by atoms with E-state index < -0.39 is 0 Å². The highest BCUT2D eigenvalue weighted by molar-refractivity contribution is 4.89. The van der Waals surface area contributed by atoms with Gasteiger partial charge in [0.2, 0.25) is 0 Å². The first-order valence-electron chi connectivity index (χ1n) is 5.70. The molecule has 1 rings (SSSR count). The van der Waals surface area contributed by atoms with E-state index in [1.54, 1.807) is 0 Å². The van der Waals surface area contributed by atoms with Crippen molar-refractivity contribution >= 4 is 0 Å². The Labute approximate surface area is 88.2 Å². The van der Waals surface area contributed by atoms with Crippen molar-refractivity contribution < 1.29 is 0 Å². The standard InChI is InChI=1S/C12H24N2/c1-10(2)4-6-14-7-5-11(3)12(8-13)9-14/h11-12H,1,4-9,13H2,2-3H3. The van der Waals surface area contributed by atoms with Crippen LogP contribution in [0.2, 0.25) is 0 Å². The summed E-state index contributed by atoms with van der Waals surface area (Å²) in [6.07, 6.45) is 2.43. The minimum Gasteiger partial charge on any atom is -0.330 e. The molecule has 1 aliphatic rings. The van der Waals surface area contributed by atoms with Gasteiger partial charge in [-0.1, -0.05) is 12.5 Å². The van der Waals surface area contributed by atoms with Crippen molar-refractivity contribution in [3.8, 4) is 0 Å². The molecule has 0 aromatic carbocycles. The van der Waals surface area contributed by atoms with Crippen LogP contribution in [-0.2, 0) is 0 Å². The van der Waals surface area contributed by atoms with Gasteiger partial charge in [-0.15, -0.1) is 6.58 Å². The van der Waals surface area contributed by atoms with Crippen LogP contribution in [0.25, 0.3) is 0 Å². The molecule has 0 radical (unpaired) electrons. The summed E-state index contributed by atoms with van der Waals surface area (Å²) >= 11 is 0. The average molecular weight is 196 g/mol. The molecule has 1 saturated heterocycles. The Hall–Kier alpha value is -0.340. The van der Waals surface area contributed by atoms with Gasteiger partial charge in [0.1, 0.15) is 0 Å². The highest BCUT2D eigenvalue weighted by atomic mass is 15.1. The second-order valence-corrected chi connectivity index (χ2v) is 4.77. The SMILES string of the molecule is C=C(C)CCN1CCC(C)C(CN)C1. The molecule has 1 aliphatic heterocycles. The smallest absolute Gasteiger partial charge is 0.00244 e. The summed E-state index contributed by atoms with van der Waals surface area (Å²) in [6, 6.07) is 0. The van der Waals surface area contributed by atoms with Crippen LogP contribution >= 0.6 is 0 Å². The summed E-state index contributed by atoms with van der Waals surface area (Å²) in [7, 11) is 0. The van der Waals surface area contributed by atoms with Gasteiger partial charge in [0, 0.05) is 13.1 Å². The molecule has 2 N–H and O–H groups in total. The van der Waals surface area contributed by atoms with E-state index in [2.05, 4.69) is 25.3 Å². The number of nitrogens with zero attached hydrogens (tertiary/aromatic N) is 1. The second-order valence-electron chi connectivity index (χ2n) is 4.77. The van der Waals surface area contributed by atoms with Crippen LogP contribution in [0.5, 0.6) is 0 Å². The van der Waals surface area contributed by atoms with E-state index in [1.165, 1.54) is 31.6 Å². The Morgan fingerprint density at radius 1 is 1.57 bits per heavy atom. The van der Waals surface area contributed by atoms with E-state index >= 15 is 0 Å². The monoisotopic (exact) mass is 196 g/mol. The average Bonchev–Trinajstić information content (AvgIpc) is 2.16. The Balaban J connectivity index is 2.31. The first-order chi connectivity index (χ1) is 6.63. The third-order valence-corrected chi connectivity index (χ3v) is 3.36. The molecule has 2 nitrogen and oxygen atoms in total. The van der Waals surface area contributed by atoms with Crippen molar-refractivity contribution in [1.82, 2.24) is 4.90 Å². The first-order valence-corrected chi connectivity index (χ1v) is 5.70. The van der Waals surface area contributed by atoms with Crippen molar-refractivity contribution in [2.24, 2.45) is 17.6 Å². The van der Waals surface area contributed by atoms with E-state index in [-0.39, 0.29) is 0 Å². The molecule has 0 aromatic rings. The molecule has 0 aromatic heterocycles. The van der Waals surface area contributed by atoms with Crippen LogP contribution in [0.15, 0.2) is 12.2 Å². The van der Waals surface area contributed by atoms with Crippen molar-refractivity contribution in [2.45, 2.75) is 26.7 Å². The molecule has 0 spiro atoms. The van der Waals surface area contributed by atoms with Gasteiger partial charge in [0.15, 0.2) is 0 Å². The zero-order valence-electron chi connectivity index (χ0n) is 9.63. The number of nitrogens with two attached hydrogens (primary N) is 1. The van der Waals surface area contributed by atoms with Crippen molar-refractivity contribution in [3.05, 3.63) is 12.2 Å². The lowest BCUT2D eigenvalue weighted by Crippen LogP contribution is -2.42. The van der Waals surface area contributed by atoms with E-state index in [0.29, 0.717) is 5.92 Å². The zero-order valence-corrected chi connectivity index (χ0v) is 9.63. The molecule has 0 amide bonds. The highest BCUT2D eigenvalue weighted by Gasteiger charge is 2.24. The van der Waals surface area contributed by atoms with Crippen molar-refractivity contribution in [2.75, 3.05) is 26.2 Å². The lowest BCUT2D eigenvalue weighted by atomic mass is 9.87. The van der Waals surface area contributed by atoms with Crippen LogP contribution in [0.4, 0.5) is 0 Å². The maximum Gasteiger partial charge on any atom is 0.00244 e. The third kappa shape index (κ3) is 3.43. The molecule has 2 unspecified atom stereocenters. The van der Waals surface area contributed by atoms with Gasteiger partial charge in [-0.25, -0.2) is 0 Å². The number of likely N-dealkylation sites (tertiary alicyclic amines) is 1. The first kappa shape index (κ1) is 11.7. The van der Waals surface area contributed by atoms with E-state index in [9.17, 15) is 0 Å². The van der Waals surface area contributed by atoms with Gasteiger partial charge in [-0.05, 0) is 44.7 Å². The normalized spacial score (nSPS) is 29.1. The van der Waals surface area contributed by atoms with Gasteiger partial charge >= 0.3 is 0 Å². The molecule has 1 fully saturated rings. The summed E-state index contributed by atoms with van der Waals surface area (Å²) in [5.74, 6) is 1.51. The maximum atomic E-state index is 5.77. The van der Waals surface area contributed by atoms with Crippen molar-refractivity contribution in [3.63, 3.8) is 0 Å². The molecule has 0 bridgehead atoms. The Morgan fingerprint density at radius 3 is 2.86 bits per heavy atom. The van der Waals surface area contributed by atoms with Crippen molar-refractivity contribution in [1.29, 1.82) is 0 Å². The molecule has 0 saturated carbocycles. The molecule has 0 aliphatic carbocycles. The molecule has 14 heavy (non-hydrogen) atoms. The summed E-state index contributed by atoms with van der Waals surface area (Å²) in [6.45, 7) is 12.8. The Bertz CT molecular complexity index is 189. The Morgan fingerprint density at radius 2 is 2.29 bits per heavy atom. The summed E-state index contributed by atoms with van der Waals surface area (Å²) < 4.78 is 0. The van der Waals surface area contributed by atoms with Gasteiger partial charge in [-0.2, -0.15) is 0 Å². The van der Waals surface area contributed by atoms with Crippen LogP contribution in [0.1, 0.15) is 26.7 Å². The number of hydrogen-bond acceptors (Lipinski definition) is 2. The van der Waals surface area contributed by atoms with Gasteiger partial charge < -0.3 is 10.6 Å².